The van der Waals surface area contributed by atoms with Crippen molar-refractivity contribution in [2.24, 2.45) is 0 Å². The second-order valence-corrected chi connectivity index (χ2v) is 3.59. The summed E-state index contributed by atoms with van der Waals surface area (Å²) in [6, 6.07) is 0. The van der Waals surface area contributed by atoms with Gasteiger partial charge in [0, 0.05) is 12.0 Å². The van der Waals surface area contributed by atoms with Crippen LogP contribution in [0.5, 0.6) is 0 Å². The number of carbonyl (C=O) groups is 3. The summed E-state index contributed by atoms with van der Waals surface area (Å²) in [5, 5.41) is 0. The average molecular weight is 226 g/mol. The second-order valence-electron chi connectivity index (χ2n) is 3.59. The van der Waals surface area contributed by atoms with E-state index in [0.29, 0.717) is 0 Å². The fourth-order valence-corrected chi connectivity index (χ4v) is 1.92. The summed E-state index contributed by atoms with van der Waals surface area (Å²) < 4.78 is 14.2. The van der Waals surface area contributed by atoms with Crippen molar-refractivity contribution in [1.82, 2.24) is 0 Å². The fraction of sp³-hybridized carbons (Fsp3) is 0.500. The molecule has 2 aliphatic heterocycles. The number of ether oxygens (including phenoxy) is 3. The largest absolute Gasteiger partial charge is 0.465 e. The Kier molecular flexibility index (Phi) is 2.22. The van der Waals surface area contributed by atoms with Crippen molar-refractivity contribution < 1.29 is 28.6 Å². The van der Waals surface area contributed by atoms with Crippen molar-refractivity contribution in [2.75, 3.05) is 13.7 Å². The van der Waals surface area contributed by atoms with Gasteiger partial charge in [-0.05, 0) is 6.92 Å². The van der Waals surface area contributed by atoms with Crippen LogP contribution in [0.15, 0.2) is 11.1 Å². The molecule has 2 heterocycles. The van der Waals surface area contributed by atoms with E-state index in [2.05, 4.69) is 4.74 Å². The molecule has 0 amide bonds. The van der Waals surface area contributed by atoms with Crippen LogP contribution in [0.25, 0.3) is 0 Å². The Balaban J connectivity index is 2.48. The van der Waals surface area contributed by atoms with Gasteiger partial charge in [0.2, 0.25) is 5.60 Å². The number of cyclic esters (lactones) is 1. The maximum atomic E-state index is 11.5. The molecule has 0 saturated carbocycles. The van der Waals surface area contributed by atoms with E-state index in [1.165, 1.54) is 6.92 Å². The Morgan fingerprint density at radius 3 is 2.62 bits per heavy atom. The minimum absolute atomic E-state index is 0.178. The minimum atomic E-state index is -1.40. The molecule has 1 unspecified atom stereocenters. The van der Waals surface area contributed by atoms with Crippen molar-refractivity contribution in [1.29, 1.82) is 0 Å². The van der Waals surface area contributed by atoms with E-state index < -0.39 is 23.5 Å². The highest BCUT2D eigenvalue weighted by Crippen LogP contribution is 2.40. The normalized spacial score (nSPS) is 28.4. The predicted octanol–water partition coefficient (Wildman–Crippen LogP) is -0.282. The molecule has 86 valence electrons. The van der Waals surface area contributed by atoms with Crippen LogP contribution < -0.4 is 0 Å². The monoisotopic (exact) mass is 226 g/mol. The number of hydrogen-bond acceptors (Lipinski definition) is 6. The van der Waals surface area contributed by atoms with Crippen LogP contribution in [-0.4, -0.2) is 37.2 Å². The van der Waals surface area contributed by atoms with E-state index in [4.69, 9.17) is 9.47 Å². The molecular weight excluding hydrogens is 216 g/mol. The zero-order chi connectivity index (χ0) is 11.9. The van der Waals surface area contributed by atoms with Gasteiger partial charge in [-0.2, -0.15) is 0 Å². The third-order valence-electron chi connectivity index (χ3n) is 2.86. The van der Waals surface area contributed by atoms with Gasteiger partial charge < -0.3 is 14.2 Å². The lowest BCUT2D eigenvalue weighted by Gasteiger charge is -2.18. The van der Waals surface area contributed by atoms with Crippen LogP contribution >= 0.6 is 0 Å². The molecule has 1 saturated heterocycles. The predicted molar refractivity (Wildman–Crippen MR) is 49.1 cm³/mol. The van der Waals surface area contributed by atoms with Crippen LogP contribution in [-0.2, 0) is 28.6 Å². The minimum Gasteiger partial charge on any atom is -0.465 e. The Bertz CT molecular complexity index is 421. The van der Waals surface area contributed by atoms with Gasteiger partial charge >= 0.3 is 17.9 Å². The molecule has 0 radical (unpaired) electrons. The molecule has 16 heavy (non-hydrogen) atoms. The second kappa shape index (κ2) is 3.33. The number of esters is 3. The molecule has 1 atom stereocenters. The lowest BCUT2D eigenvalue weighted by atomic mass is 9.92. The van der Waals surface area contributed by atoms with E-state index in [1.54, 1.807) is 0 Å². The third-order valence-corrected chi connectivity index (χ3v) is 2.86. The first-order chi connectivity index (χ1) is 7.53. The molecule has 0 aromatic carbocycles. The van der Waals surface area contributed by atoms with Gasteiger partial charge in [0.1, 0.15) is 5.57 Å². The highest BCUT2D eigenvalue weighted by atomic mass is 16.6. The smallest absolute Gasteiger partial charge is 0.355 e. The lowest BCUT2D eigenvalue weighted by Crippen LogP contribution is -2.36. The summed E-state index contributed by atoms with van der Waals surface area (Å²) >= 11 is 0. The number of rotatable bonds is 1. The Morgan fingerprint density at radius 1 is 1.44 bits per heavy atom. The van der Waals surface area contributed by atoms with E-state index in [-0.39, 0.29) is 24.2 Å². The van der Waals surface area contributed by atoms with Gasteiger partial charge in [-0.25, -0.2) is 14.4 Å². The molecule has 2 aliphatic rings. The molecular formula is C10H10O6. The molecule has 1 fully saturated rings. The molecule has 0 aromatic heterocycles. The zero-order valence-corrected chi connectivity index (χ0v) is 8.86. The molecule has 2 rings (SSSR count). The molecule has 0 bridgehead atoms. The summed E-state index contributed by atoms with van der Waals surface area (Å²) in [5.41, 5.74) is -1.34. The fourth-order valence-electron chi connectivity index (χ4n) is 1.92. The van der Waals surface area contributed by atoms with Gasteiger partial charge in [-0.1, -0.05) is 0 Å². The van der Waals surface area contributed by atoms with Crippen LogP contribution in [0.4, 0.5) is 0 Å². The molecule has 0 aromatic rings. The Hall–Kier alpha value is -1.85. The highest BCUT2D eigenvalue weighted by molar-refractivity contribution is 6.18. The first-order valence-electron chi connectivity index (χ1n) is 4.73. The van der Waals surface area contributed by atoms with Crippen molar-refractivity contribution in [2.45, 2.75) is 18.9 Å². The summed E-state index contributed by atoms with van der Waals surface area (Å²) in [6.45, 7) is 1.68. The van der Waals surface area contributed by atoms with Crippen molar-refractivity contribution in [3.63, 3.8) is 0 Å². The molecule has 0 aliphatic carbocycles. The third kappa shape index (κ3) is 1.16. The van der Waals surface area contributed by atoms with Crippen LogP contribution in [0.1, 0.15) is 13.3 Å². The summed E-state index contributed by atoms with van der Waals surface area (Å²) in [7, 11) is 1.16. The van der Waals surface area contributed by atoms with Gasteiger partial charge in [0.05, 0.1) is 13.7 Å². The first-order valence-corrected chi connectivity index (χ1v) is 4.73. The van der Waals surface area contributed by atoms with Gasteiger partial charge in [0.15, 0.2) is 0 Å². The SMILES string of the molecule is COC(=O)C1=C(C)C2(CCOC2=O)OC1=O. The summed E-state index contributed by atoms with van der Waals surface area (Å²) in [6.07, 6.45) is 0.240. The van der Waals surface area contributed by atoms with Crippen LogP contribution in [0.3, 0.4) is 0 Å². The zero-order valence-electron chi connectivity index (χ0n) is 8.86. The lowest BCUT2D eigenvalue weighted by molar-refractivity contribution is -0.163. The van der Waals surface area contributed by atoms with E-state index in [9.17, 15) is 14.4 Å². The quantitative estimate of drug-likeness (QED) is 0.347. The van der Waals surface area contributed by atoms with Crippen molar-refractivity contribution >= 4 is 17.9 Å². The Morgan fingerprint density at radius 2 is 2.12 bits per heavy atom. The molecule has 0 N–H and O–H groups in total. The number of methoxy groups -OCH3 is 1. The molecule has 6 heteroatoms. The molecule has 6 nitrogen and oxygen atoms in total. The first kappa shape index (κ1) is 10.7. The maximum Gasteiger partial charge on any atom is 0.355 e. The van der Waals surface area contributed by atoms with Crippen molar-refractivity contribution in [3.8, 4) is 0 Å². The summed E-state index contributed by atoms with van der Waals surface area (Å²) in [4.78, 5) is 34.4. The van der Waals surface area contributed by atoms with Gasteiger partial charge in [0.25, 0.3) is 0 Å². The van der Waals surface area contributed by atoms with Gasteiger partial charge in [-0.15, -0.1) is 0 Å². The van der Waals surface area contributed by atoms with Crippen LogP contribution in [0, 0.1) is 0 Å². The average Bonchev–Trinajstić information content (AvgIpc) is 2.71. The number of hydrogen-bond donors (Lipinski definition) is 0. The van der Waals surface area contributed by atoms with Gasteiger partial charge in [-0.3, -0.25) is 0 Å². The van der Waals surface area contributed by atoms with E-state index in [1.807, 2.05) is 0 Å². The highest BCUT2D eigenvalue weighted by Gasteiger charge is 2.57. The Labute approximate surface area is 91.1 Å². The van der Waals surface area contributed by atoms with Crippen molar-refractivity contribution in [3.05, 3.63) is 11.1 Å². The summed E-state index contributed by atoms with van der Waals surface area (Å²) in [5.74, 6) is -2.25. The topological polar surface area (TPSA) is 78.9 Å². The standard InChI is InChI=1S/C10H10O6/c1-5-6(7(11)14-2)8(12)16-10(5)3-4-15-9(10)13/h3-4H2,1-2H3. The molecule has 1 spiro atoms. The van der Waals surface area contributed by atoms with E-state index >= 15 is 0 Å². The number of carbonyl (C=O) groups excluding carboxylic acids is 3. The van der Waals surface area contributed by atoms with E-state index in [0.717, 1.165) is 7.11 Å². The van der Waals surface area contributed by atoms with Crippen LogP contribution in [0.2, 0.25) is 0 Å². The maximum absolute atomic E-state index is 11.5.